The van der Waals surface area contributed by atoms with E-state index in [9.17, 15) is 9.18 Å². The van der Waals surface area contributed by atoms with Gasteiger partial charge >= 0.3 is 6.09 Å². The number of ether oxygens (including phenoxy) is 1. The summed E-state index contributed by atoms with van der Waals surface area (Å²) in [6.07, 6.45) is -0.878. The summed E-state index contributed by atoms with van der Waals surface area (Å²) in [4.78, 5) is 16.9. The van der Waals surface area contributed by atoms with Crippen molar-refractivity contribution in [2.75, 3.05) is 18.0 Å². The van der Waals surface area contributed by atoms with Crippen molar-refractivity contribution < 1.29 is 13.9 Å². The standard InChI is InChI=1S/C18H15FIN5O2S/c1-10(28)22-8-13-9-25(18(26)27-13)12-3-4-14(15(19)7-12)11-2-5-17(23-24-21)16(20)6-11/h2-7,13H,8-9H2,1H3,(H,22,28)/t13-/m0/s1/i28+3. The summed E-state index contributed by atoms with van der Waals surface area (Å²) < 4.78 is 20.8. The van der Waals surface area contributed by atoms with Gasteiger partial charge in [0.1, 0.15) is 11.9 Å². The topological polar surface area (TPSA) is 90.3 Å². The molecule has 0 bridgehead atoms. The first-order chi connectivity index (χ1) is 13.4. The first-order valence-corrected chi connectivity index (χ1v) is 9.75. The van der Waals surface area contributed by atoms with Crippen LogP contribution in [0.5, 0.6) is 0 Å². The Morgan fingerprint density at radius 1 is 1.46 bits per heavy atom. The molecule has 28 heavy (non-hydrogen) atoms. The zero-order chi connectivity index (χ0) is 20.3. The molecule has 0 aliphatic carbocycles. The van der Waals surface area contributed by atoms with Crippen molar-refractivity contribution in [3.63, 3.8) is 0 Å². The smallest absolute Gasteiger partial charge is 0.414 e. The Hall–Kier alpha value is -2.43. The Morgan fingerprint density at radius 3 is 2.89 bits per heavy atom. The number of carbonyl (C=O) groups excluding carboxylic acids is 1. The van der Waals surface area contributed by atoms with Crippen molar-refractivity contribution in [3.8, 4) is 11.1 Å². The van der Waals surface area contributed by atoms with Gasteiger partial charge in [0.05, 0.1) is 29.5 Å². The molecule has 0 radical (unpaired) electrons. The van der Waals surface area contributed by atoms with Crippen LogP contribution in [-0.4, -0.2) is 30.3 Å². The van der Waals surface area contributed by atoms with E-state index >= 15 is 0 Å². The van der Waals surface area contributed by atoms with Crippen LogP contribution in [0.25, 0.3) is 21.6 Å². The van der Waals surface area contributed by atoms with Gasteiger partial charge in [-0.25, -0.2) is 9.18 Å². The highest BCUT2D eigenvalue weighted by Crippen LogP contribution is 2.32. The number of hydrogen-bond donors (Lipinski definition) is 1. The quantitative estimate of drug-likeness (QED) is 0.193. The SMILES string of the molecule is CC(=[35S])NC[C@H]1CN(c2ccc(-c3ccc(N=[N+]=[N-])c(I)c3)c(F)c2)C(=O)O1. The van der Waals surface area contributed by atoms with Crippen molar-refractivity contribution in [3.05, 3.63) is 56.2 Å². The third-order valence-corrected chi connectivity index (χ3v) is 5.14. The van der Waals surface area contributed by atoms with E-state index in [0.29, 0.717) is 44.1 Å². The molecule has 0 saturated carbocycles. The first-order valence-electron chi connectivity index (χ1n) is 8.26. The van der Waals surface area contributed by atoms with Crippen LogP contribution in [-0.2, 0) is 4.74 Å². The molecule has 3 rings (SSSR count). The molecule has 1 atom stereocenters. The molecular formula is C18H15FIN5O2S. The van der Waals surface area contributed by atoms with E-state index in [0.717, 1.165) is 0 Å². The molecule has 1 N–H and O–H groups in total. The number of hydrogen-bond acceptors (Lipinski definition) is 4. The van der Waals surface area contributed by atoms with Gasteiger partial charge in [-0.1, -0.05) is 29.5 Å². The van der Waals surface area contributed by atoms with Gasteiger partial charge in [0, 0.05) is 14.0 Å². The molecule has 2 aromatic rings. The van der Waals surface area contributed by atoms with Crippen molar-refractivity contribution in [2.24, 2.45) is 5.11 Å². The second kappa shape index (κ2) is 8.72. The van der Waals surface area contributed by atoms with Crippen molar-refractivity contribution in [1.29, 1.82) is 0 Å². The molecule has 0 unspecified atom stereocenters. The van der Waals surface area contributed by atoms with E-state index in [1.54, 1.807) is 37.3 Å². The predicted molar refractivity (Wildman–Crippen MR) is 117 cm³/mol. The second-order valence-electron chi connectivity index (χ2n) is 6.07. The normalized spacial score (nSPS) is 15.8. The Bertz CT molecular complexity index is 996. The van der Waals surface area contributed by atoms with E-state index in [1.807, 2.05) is 22.6 Å². The molecule has 7 nitrogen and oxygen atoms in total. The number of azide groups is 1. The number of rotatable bonds is 5. The van der Waals surface area contributed by atoms with E-state index in [4.69, 9.17) is 22.5 Å². The molecule has 1 heterocycles. The van der Waals surface area contributed by atoms with Crippen LogP contribution >= 0.6 is 34.8 Å². The van der Waals surface area contributed by atoms with Crippen LogP contribution in [0, 0.1) is 9.39 Å². The van der Waals surface area contributed by atoms with Crippen molar-refractivity contribution in [1.82, 2.24) is 5.32 Å². The Morgan fingerprint density at radius 2 is 2.25 bits per heavy atom. The summed E-state index contributed by atoms with van der Waals surface area (Å²) in [7, 11) is 0. The van der Waals surface area contributed by atoms with Gasteiger partial charge in [-0.05, 0) is 64.9 Å². The minimum Gasteiger partial charge on any atom is -0.442 e. The number of thiocarbonyl (C=S) groups is 1. The van der Waals surface area contributed by atoms with Gasteiger partial charge < -0.3 is 10.1 Å². The predicted octanol–water partition coefficient (Wildman–Crippen LogP) is 5.30. The van der Waals surface area contributed by atoms with Crippen LogP contribution in [0.15, 0.2) is 41.5 Å². The fraction of sp³-hybridized carbons (Fsp3) is 0.222. The minimum absolute atomic E-state index is 0.312. The van der Waals surface area contributed by atoms with Crippen molar-refractivity contribution >= 4 is 57.3 Å². The van der Waals surface area contributed by atoms with Crippen molar-refractivity contribution in [2.45, 2.75) is 13.0 Å². The summed E-state index contributed by atoms with van der Waals surface area (Å²) in [6, 6.07) is 9.66. The number of nitrogens with zero attached hydrogens (tertiary/aromatic N) is 4. The van der Waals surface area contributed by atoms with E-state index in [1.165, 1.54) is 11.0 Å². The Balaban J connectivity index is 1.81. The maximum absolute atomic E-state index is 14.8. The summed E-state index contributed by atoms with van der Waals surface area (Å²) in [5.41, 5.74) is 10.5. The molecule has 1 saturated heterocycles. The monoisotopic (exact) mass is 514 g/mol. The lowest BCUT2D eigenvalue weighted by molar-refractivity contribution is 0.143. The lowest BCUT2D eigenvalue weighted by atomic mass is 10.0. The van der Waals surface area contributed by atoms with Gasteiger partial charge in [0.15, 0.2) is 0 Å². The van der Waals surface area contributed by atoms with Crippen LogP contribution in [0.3, 0.4) is 0 Å². The lowest BCUT2D eigenvalue weighted by Gasteiger charge is -2.15. The molecule has 1 fully saturated rings. The summed E-state index contributed by atoms with van der Waals surface area (Å²) in [6.45, 7) is 2.47. The van der Waals surface area contributed by atoms with Crippen LogP contribution < -0.4 is 10.2 Å². The highest BCUT2D eigenvalue weighted by molar-refractivity contribution is 14.1. The molecule has 0 aromatic heterocycles. The average molecular weight is 514 g/mol. The molecule has 1 aliphatic heterocycles. The number of benzene rings is 2. The molecule has 2 aromatic carbocycles. The Kier molecular flexibility index (Phi) is 6.32. The van der Waals surface area contributed by atoms with Crippen LogP contribution in [0.2, 0.25) is 0 Å². The molecular weight excluding hydrogens is 499 g/mol. The molecule has 144 valence electrons. The minimum atomic E-state index is -0.519. The second-order valence-corrected chi connectivity index (χ2v) is 7.85. The van der Waals surface area contributed by atoms with Crippen LogP contribution in [0.4, 0.5) is 20.6 Å². The molecule has 1 amide bonds. The zero-order valence-corrected chi connectivity index (χ0v) is 17.7. The van der Waals surface area contributed by atoms with Gasteiger partial charge in [0.2, 0.25) is 0 Å². The molecule has 10 heteroatoms. The first kappa shape index (κ1) is 20.3. The number of nitrogens with one attached hydrogen (secondary N) is 1. The highest BCUT2D eigenvalue weighted by Gasteiger charge is 2.32. The maximum atomic E-state index is 14.8. The number of anilines is 1. The van der Waals surface area contributed by atoms with E-state index < -0.39 is 11.9 Å². The number of amides is 1. The third-order valence-electron chi connectivity index (χ3n) is 4.13. The molecule has 1 aliphatic rings. The van der Waals surface area contributed by atoms with E-state index in [2.05, 4.69) is 15.3 Å². The lowest BCUT2D eigenvalue weighted by Crippen LogP contribution is -2.32. The number of halogens is 2. The summed E-state index contributed by atoms with van der Waals surface area (Å²) in [5, 5.41) is 6.54. The zero-order valence-electron chi connectivity index (χ0n) is 14.7. The van der Waals surface area contributed by atoms with Gasteiger partial charge in [-0.15, -0.1) is 0 Å². The summed E-state index contributed by atoms with van der Waals surface area (Å²) >= 11 is 6.98. The van der Waals surface area contributed by atoms with Gasteiger partial charge in [-0.3, -0.25) is 4.90 Å². The highest BCUT2D eigenvalue weighted by atomic mass is 127. The van der Waals surface area contributed by atoms with E-state index in [-0.39, 0.29) is 6.10 Å². The Labute approximate surface area is 179 Å². The van der Waals surface area contributed by atoms with Gasteiger partial charge in [-0.2, -0.15) is 0 Å². The van der Waals surface area contributed by atoms with Gasteiger partial charge in [0.25, 0.3) is 0 Å². The number of carbonyl (C=O) groups is 1. The fourth-order valence-electron chi connectivity index (χ4n) is 2.81. The number of cyclic esters (lactones) is 1. The summed E-state index contributed by atoms with van der Waals surface area (Å²) in [5.74, 6) is -0.464. The fourth-order valence-corrected chi connectivity index (χ4v) is 3.51. The molecule has 0 spiro atoms. The van der Waals surface area contributed by atoms with Crippen LogP contribution in [0.1, 0.15) is 6.92 Å². The maximum Gasteiger partial charge on any atom is 0.414 e. The third kappa shape index (κ3) is 4.51. The average Bonchev–Trinajstić information content (AvgIpc) is 3.02. The largest absolute Gasteiger partial charge is 0.442 e.